The normalized spacial score (nSPS) is 13.9. The Kier molecular flexibility index (Phi) is 6.89. The standard InChI is InChI=1S/C27H26F4N6O2/c1-13(8-16-23(30)17(28)11-18(29)24(16)31)33-19-4-5-32-26(38)22(19)25-34-20-9-14-12-37(7-6-36(2)3)27(39)15(14)10-21(20)35-25/h4-5,9-11,13H,6-8,12H2,1-3H3,(H,34,35)(H2,32,33,38). The molecular formula is C27H26F4N6O2. The van der Waals surface area contributed by atoms with Gasteiger partial charge in [-0.3, -0.25) is 9.59 Å². The van der Waals surface area contributed by atoms with Gasteiger partial charge in [-0.05, 0) is 51.2 Å². The van der Waals surface area contributed by atoms with Crippen LogP contribution >= 0.6 is 0 Å². The Hall–Kier alpha value is -4.19. The molecule has 0 aliphatic carbocycles. The molecule has 12 heteroatoms. The lowest BCUT2D eigenvalue weighted by Gasteiger charge is -2.18. The van der Waals surface area contributed by atoms with Crippen molar-refractivity contribution in [3.8, 4) is 11.4 Å². The van der Waals surface area contributed by atoms with E-state index in [9.17, 15) is 27.2 Å². The zero-order valence-electron chi connectivity index (χ0n) is 21.5. The van der Waals surface area contributed by atoms with Crippen molar-refractivity contribution in [1.82, 2.24) is 24.8 Å². The maximum Gasteiger partial charge on any atom is 0.261 e. The second-order valence-corrected chi connectivity index (χ2v) is 9.93. The maximum absolute atomic E-state index is 14.2. The third-order valence-corrected chi connectivity index (χ3v) is 6.72. The highest BCUT2D eigenvalue weighted by atomic mass is 19.2. The van der Waals surface area contributed by atoms with Crippen molar-refractivity contribution in [2.45, 2.75) is 25.9 Å². The van der Waals surface area contributed by atoms with Crippen molar-refractivity contribution >= 4 is 22.6 Å². The summed E-state index contributed by atoms with van der Waals surface area (Å²) >= 11 is 0. The van der Waals surface area contributed by atoms with Gasteiger partial charge < -0.3 is 25.1 Å². The second kappa shape index (κ2) is 10.2. The number of pyridine rings is 1. The minimum atomic E-state index is -1.48. The van der Waals surface area contributed by atoms with Gasteiger partial charge in [0.25, 0.3) is 11.5 Å². The first-order chi connectivity index (χ1) is 18.5. The van der Waals surface area contributed by atoms with Gasteiger partial charge in [-0.1, -0.05) is 0 Å². The van der Waals surface area contributed by atoms with Crippen molar-refractivity contribution in [3.05, 3.63) is 80.8 Å². The van der Waals surface area contributed by atoms with E-state index < -0.39 is 46.9 Å². The molecule has 1 aliphatic rings. The Morgan fingerprint density at radius 2 is 1.82 bits per heavy atom. The van der Waals surface area contributed by atoms with Gasteiger partial charge in [-0.25, -0.2) is 22.5 Å². The number of carbonyl (C=O) groups is 1. The summed E-state index contributed by atoms with van der Waals surface area (Å²) < 4.78 is 55.7. The summed E-state index contributed by atoms with van der Waals surface area (Å²) in [6, 6.07) is 4.51. The number of aromatic amines is 2. The molecule has 1 aliphatic heterocycles. The van der Waals surface area contributed by atoms with E-state index in [1.165, 1.54) is 6.20 Å². The van der Waals surface area contributed by atoms with Crippen LogP contribution in [0.1, 0.15) is 28.4 Å². The number of carbonyl (C=O) groups excluding carboxylic acids is 1. The number of anilines is 1. The predicted octanol–water partition coefficient (Wildman–Crippen LogP) is 4.04. The summed E-state index contributed by atoms with van der Waals surface area (Å²) in [5.74, 6) is -5.76. The van der Waals surface area contributed by atoms with Gasteiger partial charge in [0.2, 0.25) is 0 Å². The number of nitrogens with zero attached hydrogens (tertiary/aromatic N) is 3. The first kappa shape index (κ1) is 26.4. The molecule has 1 amide bonds. The van der Waals surface area contributed by atoms with Crippen molar-refractivity contribution in [3.63, 3.8) is 0 Å². The summed E-state index contributed by atoms with van der Waals surface area (Å²) in [6.45, 7) is 3.36. The van der Waals surface area contributed by atoms with Crippen molar-refractivity contribution in [2.75, 3.05) is 32.5 Å². The quantitative estimate of drug-likeness (QED) is 0.231. The Morgan fingerprint density at radius 1 is 1.10 bits per heavy atom. The largest absolute Gasteiger partial charge is 0.381 e. The number of nitrogens with one attached hydrogen (secondary N) is 3. The van der Waals surface area contributed by atoms with Crippen LogP contribution in [0.4, 0.5) is 23.2 Å². The molecule has 39 heavy (non-hydrogen) atoms. The van der Waals surface area contributed by atoms with Crippen molar-refractivity contribution < 1.29 is 22.4 Å². The Bertz CT molecular complexity index is 1620. The van der Waals surface area contributed by atoms with E-state index >= 15 is 0 Å². The number of halogens is 4. The fraction of sp³-hybridized carbons (Fsp3) is 0.296. The summed E-state index contributed by atoms with van der Waals surface area (Å²) in [6.07, 6.45) is 1.000. The summed E-state index contributed by atoms with van der Waals surface area (Å²) in [5, 5.41) is 2.99. The van der Waals surface area contributed by atoms with E-state index in [-0.39, 0.29) is 23.4 Å². The maximum atomic E-state index is 14.2. The summed E-state index contributed by atoms with van der Waals surface area (Å²) in [5.41, 5.74) is 1.73. The Morgan fingerprint density at radius 3 is 2.51 bits per heavy atom. The molecule has 3 heterocycles. The molecule has 2 aromatic carbocycles. The first-order valence-corrected chi connectivity index (χ1v) is 12.3. The number of benzene rings is 2. The molecule has 4 aromatic rings. The smallest absolute Gasteiger partial charge is 0.261 e. The predicted molar refractivity (Wildman–Crippen MR) is 139 cm³/mol. The van der Waals surface area contributed by atoms with Crippen LogP contribution in [-0.4, -0.2) is 63.9 Å². The van der Waals surface area contributed by atoms with E-state index in [4.69, 9.17) is 0 Å². The molecule has 0 fully saturated rings. The monoisotopic (exact) mass is 542 g/mol. The minimum Gasteiger partial charge on any atom is -0.381 e. The number of imidazole rings is 1. The number of rotatable bonds is 8. The summed E-state index contributed by atoms with van der Waals surface area (Å²) in [7, 11) is 3.88. The Labute approximate surface area is 220 Å². The number of hydrogen-bond donors (Lipinski definition) is 3. The molecule has 1 atom stereocenters. The lowest BCUT2D eigenvalue weighted by atomic mass is 10.0. The van der Waals surface area contributed by atoms with Gasteiger partial charge in [0.05, 0.1) is 16.7 Å². The van der Waals surface area contributed by atoms with E-state index in [1.54, 1.807) is 24.0 Å². The lowest BCUT2D eigenvalue weighted by Crippen LogP contribution is -2.31. The molecule has 0 bridgehead atoms. The van der Waals surface area contributed by atoms with Gasteiger partial charge >= 0.3 is 0 Å². The fourth-order valence-electron chi connectivity index (χ4n) is 4.76. The average Bonchev–Trinajstić information content (AvgIpc) is 3.42. The van der Waals surface area contributed by atoms with Crippen LogP contribution in [-0.2, 0) is 13.0 Å². The van der Waals surface area contributed by atoms with E-state index in [0.717, 1.165) is 12.1 Å². The molecule has 2 aromatic heterocycles. The molecule has 5 rings (SSSR count). The number of amides is 1. The van der Waals surface area contributed by atoms with Crippen LogP contribution in [0.2, 0.25) is 0 Å². The van der Waals surface area contributed by atoms with E-state index in [0.29, 0.717) is 35.4 Å². The highest BCUT2D eigenvalue weighted by Crippen LogP contribution is 2.30. The molecule has 0 saturated carbocycles. The molecule has 0 spiro atoms. The minimum absolute atomic E-state index is 0.0831. The fourth-order valence-corrected chi connectivity index (χ4v) is 4.76. The first-order valence-electron chi connectivity index (χ1n) is 12.3. The lowest BCUT2D eigenvalue weighted by molar-refractivity contribution is 0.0768. The molecule has 0 radical (unpaired) electrons. The molecule has 204 valence electrons. The van der Waals surface area contributed by atoms with Gasteiger partial charge in [0.15, 0.2) is 23.3 Å². The topological polar surface area (TPSA) is 97.1 Å². The van der Waals surface area contributed by atoms with Crippen molar-refractivity contribution in [1.29, 1.82) is 0 Å². The van der Waals surface area contributed by atoms with E-state index in [1.807, 2.05) is 25.1 Å². The van der Waals surface area contributed by atoms with Crippen LogP contribution in [0.3, 0.4) is 0 Å². The van der Waals surface area contributed by atoms with Gasteiger partial charge in [0, 0.05) is 49.1 Å². The van der Waals surface area contributed by atoms with Gasteiger partial charge in [0.1, 0.15) is 11.4 Å². The number of aromatic nitrogens is 3. The molecular weight excluding hydrogens is 516 g/mol. The zero-order chi connectivity index (χ0) is 28.0. The molecule has 1 unspecified atom stereocenters. The zero-order valence-corrected chi connectivity index (χ0v) is 21.5. The third-order valence-electron chi connectivity index (χ3n) is 6.72. The molecule has 0 saturated heterocycles. The average molecular weight is 543 g/mol. The van der Waals surface area contributed by atoms with Crippen molar-refractivity contribution in [2.24, 2.45) is 0 Å². The van der Waals surface area contributed by atoms with E-state index in [2.05, 4.69) is 20.3 Å². The van der Waals surface area contributed by atoms with Crippen LogP contribution in [0.25, 0.3) is 22.4 Å². The highest BCUT2D eigenvalue weighted by Gasteiger charge is 2.29. The van der Waals surface area contributed by atoms with Crippen LogP contribution in [0.15, 0.2) is 35.3 Å². The third kappa shape index (κ3) is 4.99. The molecule has 8 nitrogen and oxygen atoms in total. The SMILES string of the molecule is CC(Cc1c(F)c(F)cc(F)c1F)Nc1cc[nH]c(=O)c1-c1nc2cc3c(cc2[nH]1)CN(CCN(C)C)C3=O. The van der Waals surface area contributed by atoms with Crippen LogP contribution in [0, 0.1) is 23.3 Å². The van der Waals surface area contributed by atoms with Gasteiger partial charge in [-0.15, -0.1) is 0 Å². The summed E-state index contributed by atoms with van der Waals surface area (Å²) in [4.78, 5) is 39.8. The number of fused-ring (bicyclic) bond motifs is 2. The van der Waals surface area contributed by atoms with Gasteiger partial charge in [-0.2, -0.15) is 0 Å². The second-order valence-electron chi connectivity index (χ2n) is 9.93. The Balaban J connectivity index is 1.43. The van der Waals surface area contributed by atoms with Crippen LogP contribution in [0.5, 0.6) is 0 Å². The molecule has 3 N–H and O–H groups in total. The number of H-pyrrole nitrogens is 2. The number of hydrogen-bond acceptors (Lipinski definition) is 5. The highest BCUT2D eigenvalue weighted by molar-refractivity contribution is 6.02. The number of likely N-dealkylation sites (N-methyl/N-ethyl adjacent to an activating group) is 1. The van der Waals surface area contributed by atoms with Crippen LogP contribution < -0.4 is 10.9 Å².